The van der Waals surface area contributed by atoms with Gasteiger partial charge in [-0.3, -0.25) is 0 Å². The lowest BCUT2D eigenvalue weighted by Crippen LogP contribution is -1.99. The third-order valence-corrected chi connectivity index (χ3v) is 6.04. The van der Waals surface area contributed by atoms with E-state index in [1.54, 1.807) is 17.7 Å². The first-order valence-corrected chi connectivity index (χ1v) is 10.0. The molecule has 0 saturated heterocycles. The fraction of sp³-hybridized carbons (Fsp3) is 0.143. The lowest BCUT2D eigenvalue weighted by molar-refractivity contribution is 1.22. The van der Waals surface area contributed by atoms with Crippen LogP contribution in [-0.4, -0.2) is 9.97 Å². The predicted molar refractivity (Wildman–Crippen MR) is 117 cm³/mol. The second kappa shape index (κ2) is 7.12. The summed E-state index contributed by atoms with van der Waals surface area (Å²) in [6.07, 6.45) is 1.59. The average Bonchev–Trinajstić information content (AvgIpc) is 2.95. The summed E-state index contributed by atoms with van der Waals surface area (Å²) < 4.78 is 0. The molecule has 0 aliphatic carbocycles. The van der Waals surface area contributed by atoms with Crippen molar-refractivity contribution >= 4 is 56.3 Å². The first-order valence-electron chi connectivity index (χ1n) is 8.48. The van der Waals surface area contributed by atoms with Crippen LogP contribution in [0.3, 0.4) is 0 Å². The second-order valence-electron chi connectivity index (χ2n) is 6.51. The number of aryl methyl sites for hydroxylation is 3. The van der Waals surface area contributed by atoms with E-state index < -0.39 is 0 Å². The van der Waals surface area contributed by atoms with Gasteiger partial charge in [-0.05, 0) is 55.7 Å². The summed E-state index contributed by atoms with van der Waals surface area (Å²) in [5.74, 6) is 0.753. The topological polar surface area (TPSA) is 37.8 Å². The molecule has 3 nitrogen and oxygen atoms in total. The third-order valence-electron chi connectivity index (χ3n) is 4.47. The number of hydrogen-bond acceptors (Lipinski definition) is 4. The Morgan fingerprint density at radius 1 is 0.963 bits per heavy atom. The largest absolute Gasteiger partial charge is 0.338 e. The Morgan fingerprint density at radius 2 is 1.70 bits per heavy atom. The maximum absolute atomic E-state index is 6.50. The molecule has 27 heavy (non-hydrogen) atoms. The Kier molecular flexibility index (Phi) is 4.81. The Labute approximate surface area is 172 Å². The van der Waals surface area contributed by atoms with Crippen LogP contribution in [0.2, 0.25) is 10.0 Å². The van der Waals surface area contributed by atoms with Gasteiger partial charge in [0.15, 0.2) is 0 Å². The predicted octanol–water partition coefficient (Wildman–Crippen LogP) is 7.33. The molecule has 0 saturated carbocycles. The zero-order chi connectivity index (χ0) is 19.1. The van der Waals surface area contributed by atoms with Gasteiger partial charge < -0.3 is 5.32 Å². The van der Waals surface area contributed by atoms with Crippen LogP contribution in [0.4, 0.5) is 11.5 Å². The normalized spacial score (nSPS) is 11.1. The van der Waals surface area contributed by atoms with E-state index in [0.29, 0.717) is 10.0 Å². The quantitative estimate of drug-likeness (QED) is 0.381. The van der Waals surface area contributed by atoms with Gasteiger partial charge in [-0.25, -0.2) is 9.97 Å². The van der Waals surface area contributed by atoms with Gasteiger partial charge in [-0.15, -0.1) is 11.3 Å². The van der Waals surface area contributed by atoms with Crippen LogP contribution in [0, 0.1) is 20.8 Å². The van der Waals surface area contributed by atoms with E-state index >= 15 is 0 Å². The number of hydrogen-bond donors (Lipinski definition) is 1. The highest BCUT2D eigenvalue weighted by Gasteiger charge is 2.18. The SMILES string of the molecule is Cc1cc(C)c(Nc2ncnc3sc(C)c(-c4ccc(Cl)cc4)c23)c(Cl)c1. The van der Waals surface area contributed by atoms with Crippen LogP contribution in [0.15, 0.2) is 42.7 Å². The molecule has 0 fully saturated rings. The highest BCUT2D eigenvalue weighted by atomic mass is 35.5. The molecule has 4 aromatic rings. The molecule has 2 aromatic carbocycles. The van der Waals surface area contributed by atoms with Crippen molar-refractivity contribution in [2.45, 2.75) is 20.8 Å². The summed E-state index contributed by atoms with van der Waals surface area (Å²) in [5.41, 5.74) is 5.28. The van der Waals surface area contributed by atoms with Gasteiger partial charge in [0.1, 0.15) is 17.0 Å². The van der Waals surface area contributed by atoms with Crippen LogP contribution < -0.4 is 5.32 Å². The zero-order valence-corrected chi connectivity index (χ0v) is 17.4. The lowest BCUT2D eigenvalue weighted by atomic mass is 10.0. The molecule has 4 rings (SSSR count). The Hall–Kier alpha value is -2.14. The first kappa shape index (κ1) is 18.2. The number of halogens is 2. The van der Waals surface area contributed by atoms with Crippen molar-refractivity contribution in [3.8, 4) is 11.1 Å². The van der Waals surface area contributed by atoms with E-state index in [2.05, 4.69) is 28.3 Å². The summed E-state index contributed by atoms with van der Waals surface area (Å²) in [6.45, 7) is 6.18. The van der Waals surface area contributed by atoms with Crippen LogP contribution in [0.1, 0.15) is 16.0 Å². The summed E-state index contributed by atoms with van der Waals surface area (Å²) in [5, 5.41) is 5.84. The molecule has 0 atom stereocenters. The molecule has 0 amide bonds. The molecule has 0 spiro atoms. The van der Waals surface area contributed by atoms with Gasteiger partial charge in [0.05, 0.1) is 16.1 Å². The molecular weight excluding hydrogens is 397 g/mol. The molecule has 2 heterocycles. The molecule has 136 valence electrons. The summed E-state index contributed by atoms with van der Waals surface area (Å²) in [7, 11) is 0. The Morgan fingerprint density at radius 3 is 2.41 bits per heavy atom. The van der Waals surface area contributed by atoms with Crippen LogP contribution in [0.25, 0.3) is 21.3 Å². The highest BCUT2D eigenvalue weighted by molar-refractivity contribution is 7.19. The van der Waals surface area contributed by atoms with Crippen LogP contribution >= 0.6 is 34.5 Å². The molecule has 0 unspecified atom stereocenters. The molecule has 2 aromatic heterocycles. The smallest absolute Gasteiger partial charge is 0.143 e. The Bertz CT molecular complexity index is 1130. The van der Waals surface area contributed by atoms with Crippen molar-refractivity contribution in [2.75, 3.05) is 5.32 Å². The number of nitrogens with one attached hydrogen (secondary N) is 1. The maximum atomic E-state index is 6.50. The van der Waals surface area contributed by atoms with Crippen LogP contribution in [0.5, 0.6) is 0 Å². The van der Waals surface area contributed by atoms with E-state index in [1.165, 1.54) is 4.88 Å². The van der Waals surface area contributed by atoms with E-state index in [9.17, 15) is 0 Å². The van der Waals surface area contributed by atoms with Gasteiger partial charge in [0.25, 0.3) is 0 Å². The number of rotatable bonds is 3. The molecular formula is C21H17Cl2N3S. The monoisotopic (exact) mass is 413 g/mol. The number of fused-ring (bicyclic) bond motifs is 1. The lowest BCUT2D eigenvalue weighted by Gasteiger charge is -2.13. The van der Waals surface area contributed by atoms with Crippen LogP contribution in [-0.2, 0) is 0 Å². The number of nitrogens with zero attached hydrogens (tertiary/aromatic N) is 2. The van der Waals surface area contributed by atoms with Gasteiger partial charge >= 0.3 is 0 Å². The van der Waals surface area contributed by atoms with Crippen molar-refractivity contribution in [1.29, 1.82) is 0 Å². The van der Waals surface area contributed by atoms with E-state index in [0.717, 1.165) is 44.0 Å². The molecule has 6 heteroatoms. The summed E-state index contributed by atoms with van der Waals surface area (Å²) in [6, 6.07) is 11.9. The van der Waals surface area contributed by atoms with Crippen molar-refractivity contribution in [3.63, 3.8) is 0 Å². The number of benzene rings is 2. The maximum Gasteiger partial charge on any atom is 0.143 e. The molecule has 0 radical (unpaired) electrons. The van der Waals surface area contributed by atoms with E-state index in [4.69, 9.17) is 23.2 Å². The average molecular weight is 414 g/mol. The minimum absolute atomic E-state index is 0.680. The summed E-state index contributed by atoms with van der Waals surface area (Å²) >= 11 is 14.2. The van der Waals surface area contributed by atoms with E-state index in [-0.39, 0.29) is 0 Å². The third kappa shape index (κ3) is 3.41. The number of anilines is 2. The van der Waals surface area contributed by atoms with Crippen molar-refractivity contribution in [3.05, 3.63) is 68.8 Å². The molecule has 0 aliphatic heterocycles. The number of thiophene rings is 1. The molecule has 1 N–H and O–H groups in total. The van der Waals surface area contributed by atoms with Gasteiger partial charge in [-0.2, -0.15) is 0 Å². The molecule has 0 aliphatic rings. The minimum Gasteiger partial charge on any atom is -0.338 e. The zero-order valence-electron chi connectivity index (χ0n) is 15.1. The van der Waals surface area contributed by atoms with Crippen molar-refractivity contribution in [1.82, 2.24) is 9.97 Å². The summed E-state index contributed by atoms with van der Waals surface area (Å²) in [4.78, 5) is 11.1. The second-order valence-corrected chi connectivity index (χ2v) is 8.55. The van der Waals surface area contributed by atoms with Crippen molar-refractivity contribution < 1.29 is 0 Å². The Balaban J connectivity index is 1.91. The van der Waals surface area contributed by atoms with Gasteiger partial charge in [0.2, 0.25) is 0 Å². The highest BCUT2D eigenvalue weighted by Crippen LogP contribution is 2.42. The fourth-order valence-electron chi connectivity index (χ4n) is 3.30. The van der Waals surface area contributed by atoms with Gasteiger partial charge in [-0.1, -0.05) is 41.4 Å². The minimum atomic E-state index is 0.680. The fourth-order valence-corrected chi connectivity index (χ4v) is 4.80. The molecule has 0 bridgehead atoms. The first-order chi connectivity index (χ1) is 12.9. The van der Waals surface area contributed by atoms with E-state index in [1.807, 2.05) is 44.2 Å². The number of aromatic nitrogens is 2. The standard InChI is InChI=1S/C21H17Cl2N3S/c1-11-8-12(2)19(16(23)9-11)26-20-18-17(14-4-6-15(22)7-5-14)13(3)27-21(18)25-10-24-20/h4-10H,1-3H3,(H,24,25,26). The van der Waals surface area contributed by atoms with Gasteiger partial charge in [0, 0.05) is 15.5 Å². The van der Waals surface area contributed by atoms with Crippen molar-refractivity contribution in [2.24, 2.45) is 0 Å².